The van der Waals surface area contributed by atoms with Crippen LogP contribution >= 0.6 is 0 Å². The third-order valence-electron chi connectivity index (χ3n) is 2.90. The zero-order chi connectivity index (χ0) is 12.3. The van der Waals surface area contributed by atoms with Gasteiger partial charge in [-0.15, -0.1) is 0 Å². The highest BCUT2D eigenvalue weighted by Crippen LogP contribution is 2.25. The predicted molar refractivity (Wildman–Crippen MR) is 57.6 cm³/mol. The fraction of sp³-hybridized carbons (Fsp3) is 1.00. The highest BCUT2D eigenvalue weighted by Gasteiger charge is 2.38. The molecule has 0 aromatic rings. The highest BCUT2D eigenvalue weighted by atomic mass is 19.3. The second kappa shape index (κ2) is 5.89. The van der Waals surface area contributed by atoms with Crippen molar-refractivity contribution in [2.45, 2.75) is 58.2 Å². The van der Waals surface area contributed by atoms with Crippen molar-refractivity contribution in [3.05, 3.63) is 0 Å². The Kier molecular flexibility index (Phi) is 5.08. The zero-order valence-corrected chi connectivity index (χ0v) is 10.3. The molecule has 0 bridgehead atoms. The summed E-state index contributed by atoms with van der Waals surface area (Å²) < 4.78 is 34.8. The lowest BCUT2D eigenvalue weighted by atomic mass is 10.1. The lowest BCUT2D eigenvalue weighted by Crippen LogP contribution is -2.45. The van der Waals surface area contributed by atoms with Crippen molar-refractivity contribution in [2.24, 2.45) is 0 Å². The summed E-state index contributed by atoms with van der Waals surface area (Å²) in [7, 11) is 1.92. The first kappa shape index (κ1) is 13.8. The van der Waals surface area contributed by atoms with Crippen LogP contribution in [0.3, 0.4) is 0 Å². The van der Waals surface area contributed by atoms with Gasteiger partial charge >= 0.3 is 6.61 Å². The average Bonchev–Trinajstić information content (AvgIpc) is 2.44. The van der Waals surface area contributed by atoms with E-state index in [2.05, 4.69) is 4.74 Å². The SMILES string of the molecule is CC(C)O[C@@H](C)[C@@H]1C(OC(F)F)CCN1C. The van der Waals surface area contributed by atoms with Crippen LogP contribution in [0.25, 0.3) is 0 Å². The monoisotopic (exact) mass is 237 g/mol. The number of likely N-dealkylation sites (tertiary alicyclic amines) is 1. The van der Waals surface area contributed by atoms with Crippen LogP contribution < -0.4 is 0 Å². The minimum atomic E-state index is -2.70. The smallest absolute Gasteiger partial charge is 0.345 e. The molecule has 1 aliphatic heterocycles. The van der Waals surface area contributed by atoms with Gasteiger partial charge in [-0.1, -0.05) is 0 Å². The van der Waals surface area contributed by atoms with Gasteiger partial charge in [0.2, 0.25) is 0 Å². The van der Waals surface area contributed by atoms with Crippen molar-refractivity contribution >= 4 is 0 Å². The molecule has 0 spiro atoms. The molecule has 96 valence electrons. The number of hydrogen-bond donors (Lipinski definition) is 0. The Morgan fingerprint density at radius 1 is 1.25 bits per heavy atom. The van der Waals surface area contributed by atoms with E-state index in [0.717, 1.165) is 6.54 Å². The van der Waals surface area contributed by atoms with Crippen LogP contribution in [-0.4, -0.2) is 49.5 Å². The van der Waals surface area contributed by atoms with Crippen LogP contribution in [0, 0.1) is 0 Å². The van der Waals surface area contributed by atoms with E-state index in [9.17, 15) is 8.78 Å². The number of halogens is 2. The van der Waals surface area contributed by atoms with Crippen molar-refractivity contribution in [1.29, 1.82) is 0 Å². The summed E-state index contributed by atoms with van der Waals surface area (Å²) in [6, 6.07) is -0.0867. The van der Waals surface area contributed by atoms with Crippen LogP contribution in [0.5, 0.6) is 0 Å². The molecule has 1 saturated heterocycles. The molecule has 0 radical (unpaired) electrons. The maximum Gasteiger partial charge on any atom is 0.345 e. The molecular formula is C11H21F2NO2. The van der Waals surface area contributed by atoms with Gasteiger partial charge in [0.25, 0.3) is 0 Å². The molecule has 16 heavy (non-hydrogen) atoms. The summed E-state index contributed by atoms with van der Waals surface area (Å²) >= 11 is 0. The van der Waals surface area contributed by atoms with E-state index >= 15 is 0 Å². The van der Waals surface area contributed by atoms with Gasteiger partial charge in [0.15, 0.2) is 0 Å². The van der Waals surface area contributed by atoms with E-state index in [4.69, 9.17) is 4.74 Å². The molecule has 0 aliphatic carbocycles. The van der Waals surface area contributed by atoms with Crippen molar-refractivity contribution in [3.63, 3.8) is 0 Å². The Hall–Kier alpha value is -0.260. The maximum absolute atomic E-state index is 12.2. The van der Waals surface area contributed by atoms with Crippen LogP contribution in [0.15, 0.2) is 0 Å². The number of likely N-dealkylation sites (N-methyl/N-ethyl adjacent to an activating group) is 1. The Morgan fingerprint density at radius 2 is 1.88 bits per heavy atom. The fourth-order valence-corrected chi connectivity index (χ4v) is 2.39. The summed E-state index contributed by atoms with van der Waals surface area (Å²) in [5.41, 5.74) is 0. The van der Waals surface area contributed by atoms with Gasteiger partial charge in [-0.2, -0.15) is 8.78 Å². The number of alkyl halides is 2. The molecular weight excluding hydrogens is 216 g/mol. The minimum absolute atomic E-state index is 0.0867. The van der Waals surface area contributed by atoms with E-state index in [1.807, 2.05) is 32.7 Å². The first-order chi connectivity index (χ1) is 7.41. The lowest BCUT2D eigenvalue weighted by Gasteiger charge is -2.31. The summed E-state index contributed by atoms with van der Waals surface area (Å²) in [6.45, 7) is 3.86. The Labute approximate surface area is 95.7 Å². The molecule has 0 aromatic carbocycles. The largest absolute Gasteiger partial charge is 0.374 e. The van der Waals surface area contributed by atoms with Crippen LogP contribution in [-0.2, 0) is 9.47 Å². The van der Waals surface area contributed by atoms with Gasteiger partial charge in [0, 0.05) is 6.54 Å². The number of ether oxygens (including phenoxy) is 2. The number of rotatable bonds is 5. The molecule has 0 amide bonds. The van der Waals surface area contributed by atoms with E-state index in [-0.39, 0.29) is 18.2 Å². The molecule has 1 fully saturated rings. The van der Waals surface area contributed by atoms with Crippen molar-refractivity contribution in [2.75, 3.05) is 13.6 Å². The highest BCUT2D eigenvalue weighted by molar-refractivity contribution is 4.90. The summed E-state index contributed by atoms with van der Waals surface area (Å²) in [6.07, 6.45) is 0.198. The topological polar surface area (TPSA) is 21.7 Å². The Morgan fingerprint density at radius 3 is 2.38 bits per heavy atom. The van der Waals surface area contributed by atoms with Crippen molar-refractivity contribution < 1.29 is 18.3 Å². The fourth-order valence-electron chi connectivity index (χ4n) is 2.39. The van der Waals surface area contributed by atoms with Gasteiger partial charge in [-0.05, 0) is 34.2 Å². The maximum atomic E-state index is 12.2. The van der Waals surface area contributed by atoms with Gasteiger partial charge < -0.3 is 9.47 Å². The van der Waals surface area contributed by atoms with Crippen molar-refractivity contribution in [1.82, 2.24) is 4.90 Å². The Balaban J connectivity index is 2.58. The summed E-state index contributed by atoms with van der Waals surface area (Å²) in [4.78, 5) is 2.03. The Bertz CT molecular complexity index is 214. The molecule has 0 aromatic heterocycles. The average molecular weight is 237 g/mol. The third kappa shape index (κ3) is 3.64. The molecule has 1 unspecified atom stereocenters. The zero-order valence-electron chi connectivity index (χ0n) is 10.3. The van der Waals surface area contributed by atoms with Crippen LogP contribution in [0.1, 0.15) is 27.2 Å². The normalized spacial score (nSPS) is 29.2. The van der Waals surface area contributed by atoms with E-state index < -0.39 is 12.7 Å². The van der Waals surface area contributed by atoms with Gasteiger partial charge in [0.05, 0.1) is 24.4 Å². The molecule has 3 nitrogen and oxygen atoms in total. The first-order valence-electron chi connectivity index (χ1n) is 5.71. The molecule has 3 atom stereocenters. The van der Waals surface area contributed by atoms with Gasteiger partial charge in [-0.3, -0.25) is 4.90 Å². The number of hydrogen-bond acceptors (Lipinski definition) is 3. The second-order valence-corrected chi connectivity index (χ2v) is 4.59. The van der Waals surface area contributed by atoms with E-state index in [1.165, 1.54) is 0 Å². The standard InChI is InChI=1S/C11H21F2NO2/c1-7(2)15-8(3)10-9(16-11(12)13)5-6-14(10)4/h7-11H,5-6H2,1-4H3/t8-,9?,10+/m0/s1. The molecule has 5 heteroatoms. The summed E-state index contributed by atoms with van der Waals surface area (Å²) in [5.74, 6) is 0. The minimum Gasteiger partial charge on any atom is -0.374 e. The second-order valence-electron chi connectivity index (χ2n) is 4.59. The lowest BCUT2D eigenvalue weighted by molar-refractivity contribution is -0.179. The summed E-state index contributed by atoms with van der Waals surface area (Å²) in [5, 5.41) is 0. The molecule has 1 rings (SSSR count). The quantitative estimate of drug-likeness (QED) is 0.731. The molecule has 0 saturated carbocycles. The van der Waals surface area contributed by atoms with E-state index in [0.29, 0.717) is 6.42 Å². The van der Waals surface area contributed by atoms with Gasteiger partial charge in [0.1, 0.15) is 0 Å². The third-order valence-corrected chi connectivity index (χ3v) is 2.90. The van der Waals surface area contributed by atoms with Gasteiger partial charge in [-0.25, -0.2) is 0 Å². The van der Waals surface area contributed by atoms with Crippen molar-refractivity contribution in [3.8, 4) is 0 Å². The van der Waals surface area contributed by atoms with Crippen LogP contribution in [0.4, 0.5) is 8.78 Å². The predicted octanol–water partition coefficient (Wildman–Crippen LogP) is 2.11. The van der Waals surface area contributed by atoms with Crippen LogP contribution in [0.2, 0.25) is 0 Å². The number of nitrogens with zero attached hydrogens (tertiary/aromatic N) is 1. The molecule has 0 N–H and O–H groups in total. The molecule has 1 aliphatic rings. The molecule has 1 heterocycles. The van der Waals surface area contributed by atoms with E-state index in [1.54, 1.807) is 0 Å². The first-order valence-corrected chi connectivity index (χ1v) is 5.71.